The number of hydrazine groups is 1. The van der Waals surface area contributed by atoms with Crippen LogP contribution in [-0.2, 0) is 6.54 Å². The maximum absolute atomic E-state index is 13.2. The summed E-state index contributed by atoms with van der Waals surface area (Å²) in [7, 11) is 0. The Bertz CT molecular complexity index is 511. The Morgan fingerprint density at radius 2 is 2.22 bits per heavy atom. The Morgan fingerprint density at radius 1 is 1.44 bits per heavy atom. The van der Waals surface area contributed by atoms with E-state index in [4.69, 9.17) is 11.1 Å². The Kier molecular flexibility index (Phi) is 3.44. The highest BCUT2D eigenvalue weighted by atomic mass is 19.1. The Hall–Kier alpha value is -2.13. The van der Waals surface area contributed by atoms with Gasteiger partial charge < -0.3 is 4.90 Å². The van der Waals surface area contributed by atoms with Crippen LogP contribution in [0.3, 0.4) is 0 Å². The van der Waals surface area contributed by atoms with Gasteiger partial charge >= 0.3 is 6.03 Å². The Morgan fingerprint density at radius 3 is 2.94 bits per heavy atom. The van der Waals surface area contributed by atoms with E-state index in [0.29, 0.717) is 19.6 Å². The van der Waals surface area contributed by atoms with E-state index < -0.39 is 5.82 Å². The summed E-state index contributed by atoms with van der Waals surface area (Å²) < 4.78 is 13.2. The second-order valence-electron chi connectivity index (χ2n) is 4.18. The monoisotopic (exact) mass is 248 g/mol. The van der Waals surface area contributed by atoms with Crippen molar-refractivity contribution in [3.8, 4) is 6.07 Å². The van der Waals surface area contributed by atoms with E-state index in [1.807, 2.05) is 0 Å². The number of amides is 2. The zero-order valence-corrected chi connectivity index (χ0v) is 9.77. The summed E-state index contributed by atoms with van der Waals surface area (Å²) in [6.45, 7) is 1.50. The first-order valence-electron chi connectivity index (χ1n) is 5.61. The topological polar surface area (TPSA) is 73.4 Å². The lowest BCUT2D eigenvalue weighted by Crippen LogP contribution is -2.52. The fraction of sp³-hybridized carbons (Fsp3) is 0.333. The standard InChI is InChI=1S/C12H13FN4O/c13-11-3-2-9(6-10(11)7-14)8-16-4-1-5-17(15)12(16)18/h2-3,6H,1,4-5,8,15H2. The number of carbonyl (C=O) groups excluding carboxylic acids is 1. The van der Waals surface area contributed by atoms with E-state index >= 15 is 0 Å². The minimum Gasteiger partial charge on any atom is -0.319 e. The van der Waals surface area contributed by atoms with Crippen LogP contribution in [0.25, 0.3) is 0 Å². The van der Waals surface area contributed by atoms with Crippen LogP contribution in [0, 0.1) is 17.1 Å². The molecule has 1 fully saturated rings. The smallest absolute Gasteiger partial charge is 0.319 e. The first kappa shape index (κ1) is 12.3. The first-order valence-corrected chi connectivity index (χ1v) is 5.61. The first-order chi connectivity index (χ1) is 8.61. The highest BCUT2D eigenvalue weighted by Gasteiger charge is 2.23. The van der Waals surface area contributed by atoms with Crippen molar-refractivity contribution < 1.29 is 9.18 Å². The fourth-order valence-corrected chi connectivity index (χ4v) is 1.93. The second kappa shape index (κ2) is 5.02. The van der Waals surface area contributed by atoms with Gasteiger partial charge in [0.15, 0.2) is 0 Å². The van der Waals surface area contributed by atoms with E-state index in [0.717, 1.165) is 17.0 Å². The molecule has 1 aliphatic heterocycles. The van der Waals surface area contributed by atoms with Gasteiger partial charge in [0.05, 0.1) is 5.56 Å². The van der Waals surface area contributed by atoms with Crippen molar-refractivity contribution >= 4 is 6.03 Å². The number of nitrogens with zero attached hydrogens (tertiary/aromatic N) is 3. The predicted octanol–water partition coefficient (Wildman–Crippen LogP) is 1.20. The lowest BCUT2D eigenvalue weighted by Gasteiger charge is -2.32. The number of nitrogens with two attached hydrogens (primary N) is 1. The van der Waals surface area contributed by atoms with Gasteiger partial charge in [-0.3, -0.25) is 5.01 Å². The third-order valence-electron chi connectivity index (χ3n) is 2.87. The van der Waals surface area contributed by atoms with E-state index in [2.05, 4.69) is 0 Å². The quantitative estimate of drug-likeness (QED) is 0.631. The van der Waals surface area contributed by atoms with Crippen LogP contribution in [0.2, 0.25) is 0 Å². The summed E-state index contributed by atoms with van der Waals surface area (Å²) in [5.41, 5.74) is 0.707. The van der Waals surface area contributed by atoms with Gasteiger partial charge in [0.1, 0.15) is 11.9 Å². The lowest BCUT2D eigenvalue weighted by atomic mass is 10.1. The van der Waals surface area contributed by atoms with Crippen LogP contribution in [0.4, 0.5) is 9.18 Å². The molecule has 1 aliphatic rings. The maximum Gasteiger partial charge on any atom is 0.334 e. The van der Waals surface area contributed by atoms with Gasteiger partial charge in [-0.2, -0.15) is 5.26 Å². The molecule has 6 heteroatoms. The molecule has 1 heterocycles. The molecule has 0 saturated carbocycles. The molecule has 0 spiro atoms. The molecule has 2 rings (SSSR count). The van der Waals surface area contributed by atoms with Crippen LogP contribution in [0.1, 0.15) is 17.5 Å². The number of hydrogen-bond acceptors (Lipinski definition) is 3. The molecule has 0 aliphatic carbocycles. The van der Waals surface area contributed by atoms with Crippen LogP contribution in [0.15, 0.2) is 18.2 Å². The van der Waals surface area contributed by atoms with Gasteiger partial charge in [-0.25, -0.2) is 15.0 Å². The van der Waals surface area contributed by atoms with Crippen molar-refractivity contribution in [3.05, 3.63) is 35.1 Å². The summed E-state index contributed by atoms with van der Waals surface area (Å²) >= 11 is 0. The lowest BCUT2D eigenvalue weighted by molar-refractivity contribution is 0.127. The number of rotatable bonds is 2. The largest absolute Gasteiger partial charge is 0.334 e. The van der Waals surface area contributed by atoms with Gasteiger partial charge in [0.2, 0.25) is 0 Å². The number of urea groups is 1. The molecule has 0 unspecified atom stereocenters. The number of nitriles is 1. The molecule has 1 aromatic rings. The fourth-order valence-electron chi connectivity index (χ4n) is 1.93. The molecule has 1 aromatic carbocycles. The minimum absolute atomic E-state index is 0.0124. The summed E-state index contributed by atoms with van der Waals surface area (Å²) in [5.74, 6) is 4.98. The molecule has 2 N–H and O–H groups in total. The van der Waals surface area contributed by atoms with Gasteiger partial charge in [-0.1, -0.05) is 6.07 Å². The summed E-state index contributed by atoms with van der Waals surface area (Å²) in [6.07, 6.45) is 0.800. The second-order valence-corrected chi connectivity index (χ2v) is 4.18. The number of carbonyl (C=O) groups is 1. The van der Waals surface area contributed by atoms with Crippen molar-refractivity contribution in [2.75, 3.05) is 13.1 Å². The molecular weight excluding hydrogens is 235 g/mol. The van der Waals surface area contributed by atoms with Gasteiger partial charge in [0.25, 0.3) is 0 Å². The normalized spacial score (nSPS) is 15.7. The van der Waals surface area contributed by atoms with Crippen LogP contribution < -0.4 is 5.84 Å². The van der Waals surface area contributed by atoms with Crippen molar-refractivity contribution in [1.82, 2.24) is 9.91 Å². The highest BCUT2D eigenvalue weighted by Crippen LogP contribution is 2.14. The molecule has 0 atom stereocenters. The van der Waals surface area contributed by atoms with Crippen LogP contribution in [-0.4, -0.2) is 29.0 Å². The predicted molar refractivity (Wildman–Crippen MR) is 62.4 cm³/mol. The van der Waals surface area contributed by atoms with Crippen molar-refractivity contribution in [2.24, 2.45) is 5.84 Å². The summed E-state index contributed by atoms with van der Waals surface area (Å²) in [6, 6.07) is 5.80. The molecular formula is C12H13FN4O. The molecule has 0 bridgehead atoms. The van der Waals surface area contributed by atoms with Crippen molar-refractivity contribution in [1.29, 1.82) is 5.26 Å². The Labute approximate surface area is 104 Å². The minimum atomic E-state index is -0.549. The SMILES string of the molecule is N#Cc1cc(CN2CCCN(N)C2=O)ccc1F. The number of halogens is 1. The van der Waals surface area contributed by atoms with E-state index in [1.165, 1.54) is 12.1 Å². The van der Waals surface area contributed by atoms with Crippen molar-refractivity contribution in [3.63, 3.8) is 0 Å². The van der Waals surface area contributed by atoms with Crippen LogP contribution in [0.5, 0.6) is 0 Å². The highest BCUT2D eigenvalue weighted by molar-refractivity contribution is 5.74. The van der Waals surface area contributed by atoms with Gasteiger partial charge in [-0.05, 0) is 24.1 Å². The zero-order chi connectivity index (χ0) is 13.1. The molecule has 0 aromatic heterocycles. The van der Waals surface area contributed by atoms with E-state index in [-0.39, 0.29) is 11.6 Å². The molecule has 18 heavy (non-hydrogen) atoms. The molecule has 0 radical (unpaired) electrons. The summed E-state index contributed by atoms with van der Waals surface area (Å²) in [4.78, 5) is 13.3. The molecule has 1 saturated heterocycles. The van der Waals surface area contributed by atoms with E-state index in [1.54, 1.807) is 17.0 Å². The number of hydrogen-bond donors (Lipinski definition) is 1. The summed E-state index contributed by atoms with van der Waals surface area (Å²) in [5, 5.41) is 9.91. The van der Waals surface area contributed by atoms with Crippen molar-refractivity contribution in [2.45, 2.75) is 13.0 Å². The molecule has 2 amide bonds. The third kappa shape index (κ3) is 2.41. The molecule has 5 nitrogen and oxygen atoms in total. The van der Waals surface area contributed by atoms with Gasteiger partial charge in [-0.15, -0.1) is 0 Å². The average Bonchev–Trinajstić information content (AvgIpc) is 2.37. The number of benzene rings is 1. The van der Waals surface area contributed by atoms with Gasteiger partial charge in [0, 0.05) is 19.6 Å². The maximum atomic E-state index is 13.2. The third-order valence-corrected chi connectivity index (χ3v) is 2.87. The molecule has 94 valence electrons. The zero-order valence-electron chi connectivity index (χ0n) is 9.77. The average molecular weight is 248 g/mol. The Balaban J connectivity index is 2.14. The van der Waals surface area contributed by atoms with E-state index in [9.17, 15) is 9.18 Å². The van der Waals surface area contributed by atoms with Crippen LogP contribution >= 0.6 is 0 Å².